The first kappa shape index (κ1) is 21.9. The van der Waals surface area contributed by atoms with Crippen molar-refractivity contribution >= 4 is 16.9 Å². The second-order valence-electron chi connectivity index (χ2n) is 7.25. The lowest BCUT2D eigenvalue weighted by atomic mass is 10.2. The maximum Gasteiger partial charge on any atom is 0.329 e. The van der Waals surface area contributed by atoms with E-state index in [9.17, 15) is 18.8 Å². The van der Waals surface area contributed by atoms with Crippen LogP contribution < -0.4 is 21.3 Å². The molecule has 3 aromatic heterocycles. The van der Waals surface area contributed by atoms with Gasteiger partial charge in [-0.15, -0.1) is 0 Å². The van der Waals surface area contributed by atoms with Crippen molar-refractivity contribution in [3.63, 3.8) is 0 Å². The molecule has 0 unspecified atom stereocenters. The van der Waals surface area contributed by atoms with E-state index >= 15 is 0 Å². The number of aromatic nitrogens is 4. The number of fused-ring (bicyclic) bond motifs is 1. The van der Waals surface area contributed by atoms with Gasteiger partial charge in [0, 0.05) is 31.5 Å². The Morgan fingerprint density at radius 3 is 2.70 bits per heavy atom. The highest BCUT2D eigenvalue weighted by Crippen LogP contribution is 2.20. The molecule has 2 N–H and O–H groups in total. The molecule has 4 aromatic rings. The van der Waals surface area contributed by atoms with E-state index in [1.54, 1.807) is 12.1 Å². The first-order chi connectivity index (χ1) is 15.9. The third kappa shape index (κ3) is 4.95. The smallest absolute Gasteiger partial charge is 0.329 e. The Morgan fingerprint density at radius 2 is 1.94 bits per heavy atom. The summed E-state index contributed by atoms with van der Waals surface area (Å²) in [5.74, 6) is -0.0827. The van der Waals surface area contributed by atoms with E-state index in [1.807, 2.05) is 6.92 Å². The molecule has 0 radical (unpaired) electrons. The fraction of sp³-hybridized carbons (Fsp3) is 0.174. The molecule has 10 heteroatoms. The Kier molecular flexibility index (Phi) is 6.25. The Morgan fingerprint density at radius 1 is 1.15 bits per heavy atom. The summed E-state index contributed by atoms with van der Waals surface area (Å²) in [5.41, 5.74) is 0.0147. The molecule has 0 saturated heterocycles. The molecular weight excluding hydrogens is 429 g/mol. The molecule has 0 spiro atoms. The molecule has 168 valence electrons. The number of nitrogens with zero attached hydrogens (tertiary/aromatic N) is 3. The Balaban J connectivity index is 1.49. The quantitative estimate of drug-likeness (QED) is 0.448. The van der Waals surface area contributed by atoms with Crippen LogP contribution >= 0.6 is 0 Å². The fourth-order valence-electron chi connectivity index (χ4n) is 3.25. The Bertz CT molecular complexity index is 1430. The van der Waals surface area contributed by atoms with Gasteiger partial charge in [-0.25, -0.2) is 19.2 Å². The van der Waals surface area contributed by atoms with Gasteiger partial charge in [0.25, 0.3) is 11.5 Å². The summed E-state index contributed by atoms with van der Waals surface area (Å²) in [6.45, 7) is 2.47. The number of aryl methyl sites for hydroxylation is 1. The highest BCUT2D eigenvalue weighted by molar-refractivity contribution is 5.96. The molecule has 0 bridgehead atoms. The van der Waals surface area contributed by atoms with Crippen molar-refractivity contribution in [1.82, 2.24) is 24.8 Å². The molecular formula is C23H20FN5O4. The molecule has 3 heterocycles. The van der Waals surface area contributed by atoms with E-state index in [0.29, 0.717) is 24.6 Å². The van der Waals surface area contributed by atoms with Gasteiger partial charge < -0.3 is 10.1 Å². The number of halogens is 1. The molecule has 0 aliphatic carbocycles. The zero-order valence-electron chi connectivity index (χ0n) is 17.7. The molecule has 0 atom stereocenters. The largest absolute Gasteiger partial charge is 0.439 e. The highest BCUT2D eigenvalue weighted by Gasteiger charge is 2.13. The predicted molar refractivity (Wildman–Crippen MR) is 119 cm³/mol. The third-order valence-electron chi connectivity index (χ3n) is 4.83. The minimum atomic E-state index is -0.596. The van der Waals surface area contributed by atoms with Gasteiger partial charge in [0.05, 0.1) is 10.9 Å². The minimum Gasteiger partial charge on any atom is -0.439 e. The van der Waals surface area contributed by atoms with Crippen LogP contribution in [0.2, 0.25) is 0 Å². The Hall–Kier alpha value is -4.34. The average molecular weight is 449 g/mol. The number of ether oxygens (including phenoxy) is 1. The lowest BCUT2D eigenvalue weighted by Gasteiger charge is -2.10. The Labute approximate surface area is 186 Å². The number of H-pyrrole nitrogens is 1. The van der Waals surface area contributed by atoms with Crippen molar-refractivity contribution < 1.29 is 13.9 Å². The topological polar surface area (TPSA) is 119 Å². The molecule has 0 aliphatic heterocycles. The fourth-order valence-corrected chi connectivity index (χ4v) is 3.25. The zero-order valence-corrected chi connectivity index (χ0v) is 17.7. The number of amides is 1. The van der Waals surface area contributed by atoms with Crippen LogP contribution in [0.3, 0.4) is 0 Å². The maximum absolute atomic E-state index is 13.0. The van der Waals surface area contributed by atoms with Crippen LogP contribution in [0.5, 0.6) is 11.6 Å². The van der Waals surface area contributed by atoms with Crippen LogP contribution in [0.15, 0.2) is 64.4 Å². The number of carbonyl (C=O) groups excluding carboxylic acids is 1. The van der Waals surface area contributed by atoms with Gasteiger partial charge in [0.15, 0.2) is 0 Å². The van der Waals surface area contributed by atoms with Gasteiger partial charge in [-0.1, -0.05) is 6.92 Å². The van der Waals surface area contributed by atoms with Crippen LogP contribution in [0.4, 0.5) is 4.39 Å². The normalized spacial score (nSPS) is 10.8. The second-order valence-corrected chi connectivity index (χ2v) is 7.25. The van der Waals surface area contributed by atoms with Crippen LogP contribution in [0, 0.1) is 5.82 Å². The summed E-state index contributed by atoms with van der Waals surface area (Å²) in [5, 5.41) is 2.92. The summed E-state index contributed by atoms with van der Waals surface area (Å²) in [6.07, 6.45) is 3.55. The summed E-state index contributed by atoms with van der Waals surface area (Å²) in [7, 11) is 0. The first-order valence-corrected chi connectivity index (χ1v) is 10.2. The van der Waals surface area contributed by atoms with Crippen LogP contribution in [0.25, 0.3) is 11.0 Å². The maximum atomic E-state index is 13.0. The van der Waals surface area contributed by atoms with Gasteiger partial charge in [-0.2, -0.15) is 0 Å². The van der Waals surface area contributed by atoms with Crippen molar-refractivity contribution in [3.05, 3.63) is 92.6 Å². The average Bonchev–Trinajstić information content (AvgIpc) is 2.81. The molecule has 0 fully saturated rings. The van der Waals surface area contributed by atoms with E-state index in [1.165, 1.54) is 47.3 Å². The van der Waals surface area contributed by atoms with Crippen LogP contribution in [-0.2, 0) is 13.1 Å². The van der Waals surface area contributed by atoms with E-state index in [-0.39, 0.29) is 29.0 Å². The lowest BCUT2D eigenvalue weighted by Crippen LogP contribution is -2.31. The molecule has 33 heavy (non-hydrogen) atoms. The highest BCUT2D eigenvalue weighted by atomic mass is 19.1. The number of hydrogen-bond donors (Lipinski definition) is 2. The van der Waals surface area contributed by atoms with Crippen molar-refractivity contribution in [1.29, 1.82) is 0 Å². The number of carbonyl (C=O) groups is 1. The van der Waals surface area contributed by atoms with Crippen molar-refractivity contribution in [2.45, 2.75) is 26.4 Å². The van der Waals surface area contributed by atoms with Gasteiger partial charge in [0.2, 0.25) is 5.88 Å². The van der Waals surface area contributed by atoms with E-state index < -0.39 is 17.2 Å². The van der Waals surface area contributed by atoms with Crippen molar-refractivity contribution in [3.8, 4) is 11.6 Å². The van der Waals surface area contributed by atoms with Gasteiger partial charge in [-0.05, 0) is 48.4 Å². The number of pyridine rings is 2. The van der Waals surface area contributed by atoms with E-state index in [4.69, 9.17) is 4.74 Å². The number of benzene rings is 1. The van der Waals surface area contributed by atoms with E-state index in [2.05, 4.69) is 20.3 Å². The third-order valence-corrected chi connectivity index (χ3v) is 4.83. The monoisotopic (exact) mass is 449 g/mol. The lowest BCUT2D eigenvalue weighted by molar-refractivity contribution is 0.0950. The first-order valence-electron chi connectivity index (χ1n) is 10.2. The predicted octanol–water partition coefficient (Wildman–Crippen LogP) is 2.75. The van der Waals surface area contributed by atoms with Gasteiger partial charge >= 0.3 is 5.69 Å². The minimum absolute atomic E-state index is 0.162. The molecule has 9 nitrogen and oxygen atoms in total. The summed E-state index contributed by atoms with van der Waals surface area (Å²) in [4.78, 5) is 47.5. The second kappa shape index (κ2) is 9.43. The molecule has 0 saturated carbocycles. The molecule has 0 aliphatic rings. The molecule has 1 aromatic carbocycles. The molecule has 1 amide bonds. The summed E-state index contributed by atoms with van der Waals surface area (Å²) < 4.78 is 20.0. The summed E-state index contributed by atoms with van der Waals surface area (Å²) >= 11 is 0. The van der Waals surface area contributed by atoms with Gasteiger partial charge in [0.1, 0.15) is 17.2 Å². The van der Waals surface area contributed by atoms with Crippen LogP contribution in [0.1, 0.15) is 29.3 Å². The standard InChI is InChI=1S/C23H20FN5O4/c1-2-9-29-20-18(22(31)28-23(29)32)11-15(13-26-20)21(30)27-12-14-7-8-25-19(10-14)33-17-5-3-16(24)4-6-17/h3-8,10-11,13H,2,9,12H2,1H3,(H,27,30)(H,28,31,32). The summed E-state index contributed by atoms with van der Waals surface area (Å²) in [6, 6.07) is 10.3. The number of rotatable bonds is 7. The number of hydrogen-bond acceptors (Lipinski definition) is 6. The van der Waals surface area contributed by atoms with Crippen molar-refractivity contribution in [2.24, 2.45) is 0 Å². The van der Waals surface area contributed by atoms with E-state index in [0.717, 1.165) is 5.56 Å². The van der Waals surface area contributed by atoms with Crippen molar-refractivity contribution in [2.75, 3.05) is 0 Å². The van der Waals surface area contributed by atoms with Gasteiger partial charge in [-0.3, -0.25) is 19.1 Å². The SMILES string of the molecule is CCCn1c(=O)[nH]c(=O)c2cc(C(=O)NCc3ccnc(Oc4ccc(F)cc4)c3)cnc21. The zero-order chi connectivity index (χ0) is 23.4. The number of aromatic amines is 1. The number of nitrogens with one attached hydrogen (secondary N) is 2. The molecule has 4 rings (SSSR count). The van der Waals surface area contributed by atoms with Crippen LogP contribution in [-0.4, -0.2) is 25.4 Å².